The maximum absolute atomic E-state index is 12.8. The molecule has 2 aliphatic rings. The highest BCUT2D eigenvalue weighted by atomic mass is 28.4. The molecular formula is C39H55NO5Si. The molecule has 2 aromatic carbocycles. The quantitative estimate of drug-likeness (QED) is 0.129. The lowest BCUT2D eigenvalue weighted by atomic mass is 9.69. The summed E-state index contributed by atoms with van der Waals surface area (Å²) in [6, 6.07) is 21.4. The third kappa shape index (κ3) is 8.03. The molecule has 2 saturated carbocycles. The first-order valence-electron chi connectivity index (χ1n) is 17.4. The fourth-order valence-electron chi connectivity index (χ4n) is 7.36. The number of benzene rings is 2. The maximum atomic E-state index is 12.8. The van der Waals surface area contributed by atoms with Gasteiger partial charge in [0.1, 0.15) is 29.8 Å². The lowest BCUT2D eigenvalue weighted by Crippen LogP contribution is -2.66. The minimum atomic E-state index is -2.74. The predicted octanol–water partition coefficient (Wildman–Crippen LogP) is 8.46. The Hall–Kier alpha value is -2.74. The first-order valence-corrected chi connectivity index (χ1v) is 19.3. The summed E-state index contributed by atoms with van der Waals surface area (Å²) in [6.07, 6.45) is 5.98. The Kier molecular flexibility index (Phi) is 10.7. The molecule has 0 spiro atoms. The van der Waals surface area contributed by atoms with Gasteiger partial charge < -0.3 is 18.4 Å². The molecule has 250 valence electrons. The van der Waals surface area contributed by atoms with Crippen LogP contribution in [0.15, 0.2) is 65.2 Å². The van der Waals surface area contributed by atoms with Crippen LogP contribution in [0.4, 0.5) is 0 Å². The van der Waals surface area contributed by atoms with Crippen molar-refractivity contribution in [2.24, 2.45) is 11.8 Å². The van der Waals surface area contributed by atoms with Crippen molar-refractivity contribution in [2.45, 2.75) is 122 Å². The smallest absolute Gasteiger partial charge is 0.332 e. The molecule has 7 heteroatoms. The summed E-state index contributed by atoms with van der Waals surface area (Å²) < 4.78 is 25.5. The summed E-state index contributed by atoms with van der Waals surface area (Å²) in [7, 11) is -2.74. The van der Waals surface area contributed by atoms with E-state index in [0.29, 0.717) is 30.8 Å². The topological polar surface area (TPSA) is 70.8 Å². The summed E-state index contributed by atoms with van der Waals surface area (Å²) in [5.41, 5.74) is 1.49. The van der Waals surface area contributed by atoms with E-state index < -0.39 is 20.0 Å². The van der Waals surface area contributed by atoms with Crippen LogP contribution < -0.4 is 10.4 Å². The number of rotatable bonds is 14. The largest absolute Gasteiger partial charge is 0.458 e. The number of hydrogen-bond donors (Lipinski definition) is 0. The molecule has 1 heterocycles. The lowest BCUT2D eigenvalue weighted by Gasteiger charge is -2.43. The first kappa shape index (κ1) is 34.6. The highest BCUT2D eigenvalue weighted by Gasteiger charge is 2.50. The van der Waals surface area contributed by atoms with Crippen LogP contribution in [0.5, 0.6) is 0 Å². The molecule has 1 aromatic heterocycles. The molecular weight excluding hydrogens is 591 g/mol. The molecule has 2 aliphatic carbocycles. The zero-order chi connectivity index (χ0) is 33.1. The van der Waals surface area contributed by atoms with E-state index >= 15 is 0 Å². The zero-order valence-corrected chi connectivity index (χ0v) is 30.3. The van der Waals surface area contributed by atoms with E-state index in [-0.39, 0.29) is 17.6 Å². The van der Waals surface area contributed by atoms with E-state index in [4.69, 9.17) is 23.6 Å². The number of carbonyl (C=O) groups excluding carboxylic acids is 1. The molecule has 0 aliphatic heterocycles. The normalized spacial score (nSPS) is 19.6. The number of nitrogens with zero attached hydrogens (tertiary/aromatic N) is 1. The molecule has 1 unspecified atom stereocenters. The van der Waals surface area contributed by atoms with E-state index in [9.17, 15) is 4.79 Å². The molecule has 0 saturated heterocycles. The van der Waals surface area contributed by atoms with Gasteiger partial charge in [-0.05, 0) is 86.0 Å². The van der Waals surface area contributed by atoms with Crippen molar-refractivity contribution in [1.29, 1.82) is 0 Å². The van der Waals surface area contributed by atoms with Crippen LogP contribution in [-0.4, -0.2) is 38.3 Å². The summed E-state index contributed by atoms with van der Waals surface area (Å²) >= 11 is 0. The third-order valence-corrected chi connectivity index (χ3v) is 14.5. The van der Waals surface area contributed by atoms with Gasteiger partial charge in [-0.3, -0.25) is 0 Å². The average Bonchev–Trinajstić information content (AvgIpc) is 3.72. The first-order chi connectivity index (χ1) is 21.8. The van der Waals surface area contributed by atoms with Crippen molar-refractivity contribution in [3.63, 3.8) is 0 Å². The summed E-state index contributed by atoms with van der Waals surface area (Å²) in [5, 5.41) is 7.04. The molecule has 0 amide bonds. The van der Waals surface area contributed by atoms with Crippen molar-refractivity contribution in [3.8, 4) is 0 Å². The Balaban J connectivity index is 1.43. The van der Waals surface area contributed by atoms with Crippen LogP contribution in [0.2, 0.25) is 5.04 Å². The predicted molar refractivity (Wildman–Crippen MR) is 186 cm³/mol. The lowest BCUT2D eigenvalue weighted by molar-refractivity contribution is -0.162. The van der Waals surface area contributed by atoms with Gasteiger partial charge in [-0.15, -0.1) is 0 Å². The zero-order valence-electron chi connectivity index (χ0n) is 29.3. The Morgan fingerprint density at radius 3 is 2.00 bits per heavy atom. The molecule has 2 fully saturated rings. The van der Waals surface area contributed by atoms with Gasteiger partial charge in [0.2, 0.25) is 0 Å². The van der Waals surface area contributed by atoms with Crippen LogP contribution in [0.25, 0.3) is 0 Å². The van der Waals surface area contributed by atoms with Crippen molar-refractivity contribution in [1.82, 2.24) is 5.16 Å². The minimum absolute atomic E-state index is 0.139. The highest BCUT2D eigenvalue weighted by Crippen LogP contribution is 2.52. The number of hydrogen-bond acceptors (Lipinski definition) is 6. The second-order valence-corrected chi connectivity index (χ2v) is 20.3. The molecule has 5 rings (SSSR count). The Bertz CT molecular complexity index is 1370. The average molecular weight is 646 g/mol. The van der Waals surface area contributed by atoms with Gasteiger partial charge >= 0.3 is 5.97 Å². The fraction of sp³-hybridized carbons (Fsp3) is 0.590. The van der Waals surface area contributed by atoms with Gasteiger partial charge in [0.25, 0.3) is 8.32 Å². The van der Waals surface area contributed by atoms with Crippen LogP contribution in [-0.2, 0) is 18.7 Å². The van der Waals surface area contributed by atoms with Crippen LogP contribution in [0, 0.1) is 11.8 Å². The molecule has 0 bridgehead atoms. The monoisotopic (exact) mass is 645 g/mol. The van der Waals surface area contributed by atoms with E-state index in [1.807, 2.05) is 20.8 Å². The standard InChI is InChI=1S/C39H55NO5Si/c1-27(2)23-28-24-30(25-28)37-35(29-19-20-29)36(40-45-37)33(42-26-34(41)44-38(3,4)5)21-22-43-46(39(6,7)8,31-15-11-9-12-16-31)32-17-13-10-14-18-32/h9-18,27-30,33H,19-26H2,1-8H3. The highest BCUT2D eigenvalue weighted by molar-refractivity contribution is 6.99. The van der Waals surface area contributed by atoms with Crippen LogP contribution in [0.3, 0.4) is 0 Å². The number of aromatic nitrogens is 1. The summed E-state index contributed by atoms with van der Waals surface area (Å²) in [6.45, 7) is 17.4. The number of carbonyl (C=O) groups is 1. The van der Waals surface area contributed by atoms with Crippen molar-refractivity contribution in [3.05, 3.63) is 77.7 Å². The molecule has 46 heavy (non-hydrogen) atoms. The van der Waals surface area contributed by atoms with Gasteiger partial charge in [-0.2, -0.15) is 0 Å². The van der Waals surface area contributed by atoms with E-state index in [0.717, 1.165) is 43.1 Å². The van der Waals surface area contributed by atoms with E-state index in [2.05, 4.69) is 95.3 Å². The van der Waals surface area contributed by atoms with Crippen molar-refractivity contribution < 1.29 is 23.2 Å². The molecule has 1 atom stereocenters. The van der Waals surface area contributed by atoms with Gasteiger partial charge in [0.15, 0.2) is 0 Å². The molecule has 0 N–H and O–H groups in total. The maximum Gasteiger partial charge on any atom is 0.332 e. The van der Waals surface area contributed by atoms with Gasteiger partial charge in [-0.1, -0.05) is 100 Å². The van der Waals surface area contributed by atoms with Crippen molar-refractivity contribution >= 4 is 24.7 Å². The van der Waals surface area contributed by atoms with Crippen LogP contribution in [0.1, 0.15) is 129 Å². The summed E-state index contributed by atoms with van der Waals surface area (Å²) in [4.78, 5) is 12.8. The van der Waals surface area contributed by atoms with Gasteiger partial charge in [0.05, 0.1) is 0 Å². The Labute approximate surface area is 277 Å². The van der Waals surface area contributed by atoms with Crippen molar-refractivity contribution in [2.75, 3.05) is 13.2 Å². The van der Waals surface area contributed by atoms with E-state index in [1.54, 1.807) is 0 Å². The fourth-order valence-corrected chi connectivity index (χ4v) is 11.9. The second kappa shape index (κ2) is 14.2. The van der Waals surface area contributed by atoms with Gasteiger partial charge in [-0.25, -0.2) is 4.79 Å². The SMILES string of the molecule is CC(C)CC1CC(c2onc(C(CCO[Si](c3ccccc3)(c3ccccc3)C(C)(C)C)OCC(=O)OC(C)(C)C)c2C2CC2)C1. The second-order valence-electron chi connectivity index (χ2n) is 16.0. The Morgan fingerprint density at radius 2 is 1.50 bits per heavy atom. The van der Waals surface area contributed by atoms with Crippen LogP contribution >= 0.6 is 0 Å². The Morgan fingerprint density at radius 1 is 0.913 bits per heavy atom. The third-order valence-electron chi connectivity index (χ3n) is 9.42. The molecule has 3 aromatic rings. The number of ether oxygens (including phenoxy) is 2. The minimum Gasteiger partial charge on any atom is -0.458 e. The number of esters is 1. The van der Waals surface area contributed by atoms with E-state index in [1.165, 1.54) is 22.4 Å². The summed E-state index contributed by atoms with van der Waals surface area (Å²) in [5.74, 6) is 3.00. The molecule has 6 nitrogen and oxygen atoms in total. The molecule has 0 radical (unpaired) electrons. The van der Waals surface area contributed by atoms with Gasteiger partial charge in [0, 0.05) is 24.5 Å².